The van der Waals surface area contributed by atoms with E-state index in [2.05, 4.69) is 15.0 Å². The second-order valence-corrected chi connectivity index (χ2v) is 8.41. The van der Waals surface area contributed by atoms with Crippen molar-refractivity contribution in [2.75, 3.05) is 18.1 Å². The van der Waals surface area contributed by atoms with Crippen molar-refractivity contribution in [1.82, 2.24) is 15.0 Å². The van der Waals surface area contributed by atoms with Gasteiger partial charge in [-0.2, -0.15) is 0 Å². The monoisotopic (exact) mass is 448 g/mol. The maximum atomic E-state index is 13.2. The fraction of sp³-hybridized carbons (Fsp3) is 0.300. The summed E-state index contributed by atoms with van der Waals surface area (Å²) in [5.41, 5.74) is 2.47. The number of aromatic nitrogens is 3. The largest absolute Gasteiger partial charge is 0.376 e. The highest BCUT2D eigenvalue weighted by Crippen LogP contribution is 2.34. The van der Waals surface area contributed by atoms with Crippen molar-refractivity contribution < 1.29 is 9.53 Å². The van der Waals surface area contributed by atoms with Gasteiger partial charge >= 0.3 is 0 Å². The molecular weight excluding hydrogens is 431 g/mol. The zero-order valence-electron chi connectivity index (χ0n) is 15.6. The number of amides is 1. The number of anilines is 1. The summed E-state index contributed by atoms with van der Waals surface area (Å²) >= 11 is 13.7. The maximum absolute atomic E-state index is 13.2. The van der Waals surface area contributed by atoms with Crippen LogP contribution in [0.25, 0.3) is 11.3 Å². The molecule has 1 saturated heterocycles. The average molecular weight is 449 g/mol. The van der Waals surface area contributed by atoms with Crippen molar-refractivity contribution in [3.8, 4) is 11.3 Å². The van der Waals surface area contributed by atoms with E-state index >= 15 is 0 Å². The summed E-state index contributed by atoms with van der Waals surface area (Å²) in [6.07, 6.45) is 4.94. The minimum Gasteiger partial charge on any atom is -0.376 e. The lowest BCUT2D eigenvalue weighted by Gasteiger charge is -2.22. The van der Waals surface area contributed by atoms with E-state index in [9.17, 15) is 4.79 Å². The molecule has 3 aromatic rings. The summed E-state index contributed by atoms with van der Waals surface area (Å²) < 4.78 is 5.74. The number of hydrogen-bond acceptors (Lipinski definition) is 6. The van der Waals surface area contributed by atoms with E-state index < -0.39 is 0 Å². The smallest absolute Gasteiger partial charge is 0.280 e. The van der Waals surface area contributed by atoms with E-state index in [1.165, 1.54) is 17.5 Å². The Labute approximate surface area is 182 Å². The van der Waals surface area contributed by atoms with E-state index in [-0.39, 0.29) is 17.7 Å². The summed E-state index contributed by atoms with van der Waals surface area (Å²) in [7, 11) is 0. The summed E-state index contributed by atoms with van der Waals surface area (Å²) in [5.74, 6) is -0.254. The second-order valence-electron chi connectivity index (χ2n) is 6.73. The number of halogens is 2. The first-order valence-corrected chi connectivity index (χ1v) is 10.8. The van der Waals surface area contributed by atoms with Gasteiger partial charge in [0.1, 0.15) is 5.69 Å². The molecule has 3 heterocycles. The molecule has 2 aromatic heterocycles. The minimum atomic E-state index is -0.254. The number of carbonyl (C=O) groups excluding carboxylic acids is 1. The van der Waals surface area contributed by atoms with Crippen molar-refractivity contribution in [2.24, 2.45) is 0 Å². The first kappa shape index (κ1) is 20.2. The molecule has 1 fully saturated rings. The normalized spacial score (nSPS) is 16.2. The van der Waals surface area contributed by atoms with Crippen LogP contribution in [0.1, 0.15) is 29.0 Å². The molecule has 0 aliphatic carbocycles. The molecule has 1 aliphatic rings. The molecule has 4 rings (SSSR count). The van der Waals surface area contributed by atoms with E-state index in [0.717, 1.165) is 24.1 Å². The van der Waals surface area contributed by atoms with E-state index in [1.54, 1.807) is 23.2 Å². The lowest BCUT2D eigenvalue weighted by Crippen LogP contribution is -2.38. The Morgan fingerprint density at radius 1 is 1.31 bits per heavy atom. The van der Waals surface area contributed by atoms with Gasteiger partial charge in [-0.05, 0) is 38.0 Å². The van der Waals surface area contributed by atoms with Crippen molar-refractivity contribution in [2.45, 2.75) is 25.9 Å². The molecule has 1 aliphatic heterocycles. The number of hydrogen-bond donors (Lipinski definition) is 0. The van der Waals surface area contributed by atoms with E-state index in [1.807, 2.05) is 18.4 Å². The van der Waals surface area contributed by atoms with Crippen molar-refractivity contribution >= 4 is 45.6 Å². The number of rotatable bonds is 5. The highest BCUT2D eigenvalue weighted by molar-refractivity contribution is 7.14. The zero-order chi connectivity index (χ0) is 20.4. The van der Waals surface area contributed by atoms with Crippen molar-refractivity contribution in [1.29, 1.82) is 0 Å². The van der Waals surface area contributed by atoms with Gasteiger partial charge in [0.25, 0.3) is 5.91 Å². The van der Waals surface area contributed by atoms with Crippen LogP contribution in [0, 0.1) is 6.92 Å². The van der Waals surface area contributed by atoms with Crippen LogP contribution in [0.2, 0.25) is 10.0 Å². The predicted octanol–water partition coefficient (Wildman–Crippen LogP) is 5.04. The molecule has 9 heteroatoms. The van der Waals surface area contributed by atoms with Crippen LogP contribution in [0.15, 0.2) is 36.0 Å². The summed E-state index contributed by atoms with van der Waals surface area (Å²) in [5, 5.41) is 3.51. The highest BCUT2D eigenvalue weighted by atomic mass is 35.5. The molecule has 6 nitrogen and oxygen atoms in total. The number of thiazole rings is 1. The van der Waals surface area contributed by atoms with Gasteiger partial charge in [-0.1, -0.05) is 23.2 Å². The van der Waals surface area contributed by atoms with Crippen molar-refractivity contribution in [3.05, 3.63) is 57.4 Å². The highest BCUT2D eigenvalue weighted by Gasteiger charge is 2.28. The van der Waals surface area contributed by atoms with Gasteiger partial charge in [0.05, 0.1) is 35.3 Å². The summed E-state index contributed by atoms with van der Waals surface area (Å²) in [6.45, 7) is 2.95. The molecule has 0 N–H and O–H groups in total. The molecular formula is C20H18Cl2N4O2S. The maximum Gasteiger partial charge on any atom is 0.280 e. The van der Waals surface area contributed by atoms with Gasteiger partial charge in [0, 0.05) is 28.8 Å². The lowest BCUT2D eigenvalue weighted by atomic mass is 10.2. The van der Waals surface area contributed by atoms with Gasteiger partial charge in [0.2, 0.25) is 0 Å². The third kappa shape index (κ3) is 4.59. The number of benzene rings is 1. The van der Waals surface area contributed by atoms with Gasteiger partial charge < -0.3 is 4.74 Å². The van der Waals surface area contributed by atoms with E-state index in [4.69, 9.17) is 27.9 Å². The fourth-order valence-corrected chi connectivity index (χ4v) is 4.43. The Hall–Kier alpha value is -2.06. The molecule has 0 spiro atoms. The second kappa shape index (κ2) is 8.75. The lowest BCUT2D eigenvalue weighted by molar-refractivity contribution is 0.0913. The van der Waals surface area contributed by atoms with Crippen LogP contribution < -0.4 is 4.90 Å². The molecule has 1 atom stereocenters. The van der Waals surface area contributed by atoms with Crippen LogP contribution in [0.4, 0.5) is 5.13 Å². The Morgan fingerprint density at radius 3 is 2.86 bits per heavy atom. The summed E-state index contributed by atoms with van der Waals surface area (Å²) in [6, 6.07) is 5.26. The van der Waals surface area contributed by atoms with Crippen molar-refractivity contribution in [3.63, 3.8) is 0 Å². The topological polar surface area (TPSA) is 68.2 Å². The number of nitrogens with zero attached hydrogens (tertiary/aromatic N) is 4. The Bertz CT molecular complexity index is 1020. The van der Waals surface area contributed by atoms with Crippen LogP contribution in [0.5, 0.6) is 0 Å². The van der Waals surface area contributed by atoms with Crippen LogP contribution in [-0.4, -0.2) is 40.1 Å². The molecule has 0 bridgehead atoms. The van der Waals surface area contributed by atoms with Gasteiger partial charge in [-0.3, -0.25) is 14.7 Å². The first-order valence-electron chi connectivity index (χ1n) is 9.14. The molecule has 150 valence electrons. The van der Waals surface area contributed by atoms with Crippen LogP contribution in [-0.2, 0) is 4.74 Å². The fourth-order valence-electron chi connectivity index (χ4n) is 3.09. The van der Waals surface area contributed by atoms with Gasteiger partial charge in [-0.15, -0.1) is 11.3 Å². The minimum absolute atomic E-state index is 0.0242. The predicted molar refractivity (Wildman–Crippen MR) is 115 cm³/mol. The van der Waals surface area contributed by atoms with Crippen LogP contribution >= 0.6 is 34.5 Å². The molecule has 0 saturated carbocycles. The van der Waals surface area contributed by atoms with Gasteiger partial charge in [-0.25, -0.2) is 9.97 Å². The Balaban J connectivity index is 1.66. The molecule has 0 radical (unpaired) electrons. The van der Waals surface area contributed by atoms with Gasteiger partial charge in [0.15, 0.2) is 5.13 Å². The SMILES string of the molecule is Cc1cnc(C(=O)N(C[C@@H]2CCCO2)c2nc(-c3ccc(Cl)cc3Cl)cs2)cn1. The third-order valence-corrected chi connectivity index (χ3v) is 6.00. The number of ether oxygens (including phenoxy) is 1. The average Bonchev–Trinajstić information content (AvgIpc) is 3.38. The molecule has 1 amide bonds. The standard InChI is InChI=1S/C20H18Cl2N4O2S/c1-12-8-24-17(9-23-12)19(27)26(10-14-3-2-6-28-14)20-25-18(11-29-20)15-5-4-13(21)7-16(15)22/h4-5,7-9,11,14H,2-3,6,10H2,1H3/t14-/m0/s1. The van der Waals surface area contributed by atoms with Crippen LogP contribution in [0.3, 0.4) is 0 Å². The van der Waals surface area contributed by atoms with E-state index in [0.29, 0.717) is 34.0 Å². The molecule has 0 unspecified atom stereocenters. The zero-order valence-corrected chi connectivity index (χ0v) is 18.0. The third-order valence-electron chi connectivity index (χ3n) is 4.59. The Kier molecular flexibility index (Phi) is 6.10. The Morgan fingerprint density at radius 2 is 2.17 bits per heavy atom. The molecule has 29 heavy (non-hydrogen) atoms. The number of aryl methyl sites for hydroxylation is 1. The molecule has 1 aromatic carbocycles. The summed E-state index contributed by atoms with van der Waals surface area (Å²) in [4.78, 5) is 27.9. The first-order chi connectivity index (χ1) is 14.0. The quantitative estimate of drug-likeness (QED) is 0.546. The number of carbonyl (C=O) groups is 1.